The molecule has 0 unspecified atom stereocenters. The second kappa shape index (κ2) is 9.10. The zero-order chi connectivity index (χ0) is 23.0. The maximum absolute atomic E-state index is 13.2. The molecule has 0 radical (unpaired) electrons. The molecule has 0 saturated carbocycles. The molecule has 1 atom stereocenters. The first kappa shape index (κ1) is 22.6. The average molecular weight is 565 g/mol. The maximum atomic E-state index is 13.2. The van der Waals surface area contributed by atoms with Gasteiger partial charge in [-0.3, -0.25) is 14.6 Å². The molecular weight excluding hydrogens is 543 g/mol. The van der Waals surface area contributed by atoms with Crippen LogP contribution >= 0.6 is 34.4 Å². The van der Waals surface area contributed by atoms with E-state index in [2.05, 4.69) is 27.6 Å². The van der Waals surface area contributed by atoms with E-state index in [-0.39, 0.29) is 11.5 Å². The van der Waals surface area contributed by atoms with Crippen molar-refractivity contribution in [3.63, 3.8) is 0 Å². The van der Waals surface area contributed by atoms with Crippen molar-refractivity contribution < 1.29 is 19.0 Å². The molecule has 8 nitrogen and oxygen atoms in total. The van der Waals surface area contributed by atoms with E-state index in [1.165, 1.54) is 18.7 Å². The van der Waals surface area contributed by atoms with Gasteiger partial charge >= 0.3 is 11.3 Å². The topological polar surface area (TPSA) is 88.4 Å². The predicted molar refractivity (Wildman–Crippen MR) is 130 cm³/mol. The minimum atomic E-state index is -0.677. The number of rotatable bonds is 5. The fourth-order valence-electron chi connectivity index (χ4n) is 3.90. The highest BCUT2D eigenvalue weighted by Gasteiger charge is 2.45. The molecule has 0 aliphatic carbocycles. The number of halogens is 1. The summed E-state index contributed by atoms with van der Waals surface area (Å²) in [5, 5.41) is 5.23. The van der Waals surface area contributed by atoms with Gasteiger partial charge in [-0.15, -0.1) is 0 Å². The number of hydrogen-bond acceptors (Lipinski definition) is 6. The number of nitrogens with one attached hydrogen (secondary N) is 1. The van der Waals surface area contributed by atoms with E-state index < -0.39 is 6.17 Å². The van der Waals surface area contributed by atoms with E-state index in [1.54, 1.807) is 23.8 Å². The van der Waals surface area contributed by atoms with Gasteiger partial charge in [0, 0.05) is 12.0 Å². The Morgan fingerprint density at radius 2 is 2.03 bits per heavy atom. The van der Waals surface area contributed by atoms with E-state index in [9.17, 15) is 9.59 Å². The van der Waals surface area contributed by atoms with Crippen LogP contribution in [0, 0.1) is 3.57 Å². The molecule has 1 aromatic heterocycles. The van der Waals surface area contributed by atoms with E-state index in [1.807, 2.05) is 43.3 Å². The van der Waals surface area contributed by atoms with Crippen molar-refractivity contribution in [1.29, 1.82) is 0 Å². The van der Waals surface area contributed by atoms with Crippen LogP contribution in [0.25, 0.3) is 11.3 Å². The number of fused-ring (bicyclic) bond motifs is 3. The molecule has 2 aromatic carbocycles. The van der Waals surface area contributed by atoms with Crippen LogP contribution in [0.3, 0.4) is 0 Å². The Kier molecular flexibility index (Phi) is 6.42. The van der Waals surface area contributed by atoms with Gasteiger partial charge in [0.05, 0.1) is 34.6 Å². The fourth-order valence-corrected chi connectivity index (χ4v) is 5.33. The zero-order valence-corrected chi connectivity index (χ0v) is 21.0. The van der Waals surface area contributed by atoms with Gasteiger partial charge in [0.25, 0.3) is 6.17 Å². The minimum absolute atomic E-state index is 0.169. The number of methoxy groups -OCH3 is 2. The van der Waals surface area contributed by atoms with Gasteiger partial charge < -0.3 is 9.47 Å². The van der Waals surface area contributed by atoms with Gasteiger partial charge in [0.1, 0.15) is 0 Å². The number of thioether (sulfide) groups is 1. The summed E-state index contributed by atoms with van der Waals surface area (Å²) in [5.74, 6) is 1.71. The largest absolute Gasteiger partial charge is 0.493 e. The third-order valence-electron chi connectivity index (χ3n) is 5.13. The number of para-hydroxylation sites is 1. The van der Waals surface area contributed by atoms with E-state index in [4.69, 9.17) is 14.6 Å². The summed E-state index contributed by atoms with van der Waals surface area (Å²) in [5.41, 5.74) is 2.18. The van der Waals surface area contributed by atoms with Crippen LogP contribution in [0.1, 0.15) is 25.6 Å². The number of anilines is 1. The summed E-state index contributed by atoms with van der Waals surface area (Å²) in [7, 11) is 3.15. The van der Waals surface area contributed by atoms with Gasteiger partial charge in [-0.25, -0.2) is 4.90 Å². The number of aromatic nitrogens is 3. The first-order chi connectivity index (χ1) is 15.4. The molecule has 1 amide bonds. The molecule has 166 valence electrons. The SMILES string of the molecule is CCSc1n[n+]2c(c(=O)[nH]1)-c1ccccc1N(C(C)=O)[C@H]2c1cc(I)c(OC)c(OC)c1. The second-order valence-electron chi connectivity index (χ2n) is 7.00. The lowest BCUT2D eigenvalue weighted by Gasteiger charge is -2.31. The van der Waals surface area contributed by atoms with Gasteiger partial charge in [0.15, 0.2) is 11.5 Å². The first-order valence-corrected chi connectivity index (χ1v) is 12.0. The highest BCUT2D eigenvalue weighted by molar-refractivity contribution is 14.1. The van der Waals surface area contributed by atoms with Crippen LogP contribution in [0.4, 0.5) is 5.69 Å². The number of aromatic amines is 1. The average Bonchev–Trinajstić information content (AvgIpc) is 2.77. The number of benzene rings is 2. The lowest BCUT2D eigenvalue weighted by Crippen LogP contribution is -2.60. The third kappa shape index (κ3) is 3.75. The standard InChI is InChI=1S/C22H21IN4O4S/c1-5-32-22-24-20(29)18-14-8-6-7-9-16(14)26(12(2)28)21(27(18)25-22)13-10-15(23)19(31-4)17(11-13)30-3/h6-11,21H,5H2,1-4H3/p+1/t21-/m1/s1. The van der Waals surface area contributed by atoms with Crippen molar-refractivity contribution in [3.8, 4) is 22.8 Å². The monoisotopic (exact) mass is 565 g/mol. The number of hydrogen-bond donors (Lipinski definition) is 1. The third-order valence-corrected chi connectivity index (χ3v) is 6.68. The Hall–Kier alpha value is -2.60. The van der Waals surface area contributed by atoms with Gasteiger partial charge in [-0.1, -0.05) is 30.8 Å². The number of H-pyrrole nitrogens is 1. The van der Waals surface area contributed by atoms with Gasteiger partial charge in [-0.2, -0.15) is 0 Å². The van der Waals surface area contributed by atoms with Crippen LogP contribution in [0.2, 0.25) is 0 Å². The van der Waals surface area contributed by atoms with Crippen molar-refractivity contribution >= 4 is 45.9 Å². The van der Waals surface area contributed by atoms with Crippen molar-refractivity contribution in [2.75, 3.05) is 24.9 Å². The second-order valence-corrected chi connectivity index (χ2v) is 9.42. The molecule has 32 heavy (non-hydrogen) atoms. The molecule has 1 aliphatic rings. The number of ether oxygens (including phenoxy) is 2. The molecule has 2 heterocycles. The molecular formula is C22H22IN4O4S+. The number of amides is 1. The smallest absolute Gasteiger partial charge is 0.325 e. The molecule has 3 aromatic rings. The number of carbonyl (C=O) groups is 1. The van der Waals surface area contributed by atoms with Crippen molar-refractivity contribution in [1.82, 2.24) is 10.1 Å². The highest BCUT2D eigenvalue weighted by atomic mass is 127. The number of carbonyl (C=O) groups excluding carboxylic acids is 1. The van der Waals surface area contributed by atoms with E-state index >= 15 is 0 Å². The van der Waals surface area contributed by atoms with Crippen molar-refractivity contribution in [3.05, 3.63) is 55.9 Å². The van der Waals surface area contributed by atoms with Crippen LogP contribution in [-0.4, -0.2) is 36.0 Å². The minimum Gasteiger partial charge on any atom is -0.493 e. The molecule has 1 N–H and O–H groups in total. The Balaban J connectivity index is 2.07. The molecule has 4 rings (SSSR count). The molecule has 0 fully saturated rings. The van der Waals surface area contributed by atoms with E-state index in [0.29, 0.717) is 33.6 Å². The Morgan fingerprint density at radius 1 is 1.28 bits per heavy atom. The van der Waals surface area contributed by atoms with Gasteiger partial charge in [0.2, 0.25) is 11.1 Å². The Morgan fingerprint density at radius 3 is 2.69 bits per heavy atom. The van der Waals surface area contributed by atoms with E-state index in [0.717, 1.165) is 14.9 Å². The van der Waals surface area contributed by atoms with Crippen LogP contribution in [0.5, 0.6) is 11.5 Å². The highest BCUT2D eigenvalue weighted by Crippen LogP contribution is 2.41. The predicted octanol–water partition coefficient (Wildman–Crippen LogP) is 3.37. The van der Waals surface area contributed by atoms with Crippen molar-refractivity contribution in [2.24, 2.45) is 0 Å². The molecule has 0 bridgehead atoms. The van der Waals surface area contributed by atoms with Crippen molar-refractivity contribution in [2.45, 2.75) is 25.2 Å². The first-order valence-electron chi connectivity index (χ1n) is 9.90. The summed E-state index contributed by atoms with van der Waals surface area (Å²) >= 11 is 3.60. The van der Waals surface area contributed by atoms with Gasteiger partial charge in [-0.05, 0) is 57.3 Å². The Bertz CT molecular complexity index is 1260. The summed E-state index contributed by atoms with van der Waals surface area (Å²) in [6, 6.07) is 11.1. The summed E-state index contributed by atoms with van der Waals surface area (Å²) in [4.78, 5) is 30.7. The lowest BCUT2D eigenvalue weighted by molar-refractivity contribution is -0.763. The fraction of sp³-hybridized carbons (Fsp3) is 0.273. The normalized spacial score (nSPS) is 14.5. The summed E-state index contributed by atoms with van der Waals surface area (Å²) in [6.07, 6.45) is -0.677. The zero-order valence-electron chi connectivity index (χ0n) is 18.0. The molecule has 0 saturated heterocycles. The quantitative estimate of drug-likeness (QED) is 0.290. The van der Waals surface area contributed by atoms with Crippen LogP contribution < -0.4 is 24.6 Å². The van der Waals surface area contributed by atoms with Crippen LogP contribution in [0.15, 0.2) is 46.3 Å². The summed E-state index contributed by atoms with van der Waals surface area (Å²) < 4.78 is 13.5. The maximum Gasteiger partial charge on any atom is 0.325 e. The Labute approximate surface area is 203 Å². The molecule has 1 aliphatic heterocycles. The lowest BCUT2D eigenvalue weighted by atomic mass is 10.0. The summed E-state index contributed by atoms with van der Waals surface area (Å²) in [6.45, 7) is 3.50. The molecule has 0 spiro atoms. The molecule has 10 heteroatoms. The van der Waals surface area contributed by atoms with Crippen LogP contribution in [-0.2, 0) is 4.79 Å². The number of nitrogens with zero attached hydrogens (tertiary/aromatic N) is 3.